The lowest BCUT2D eigenvalue weighted by Gasteiger charge is -2.30. The smallest absolute Gasteiger partial charge is 0.372 e. The summed E-state index contributed by atoms with van der Waals surface area (Å²) in [5, 5.41) is 5.64. The third-order valence-corrected chi connectivity index (χ3v) is 8.76. The van der Waals surface area contributed by atoms with E-state index in [2.05, 4.69) is 10.5 Å². The van der Waals surface area contributed by atoms with E-state index in [-0.39, 0.29) is 17.8 Å². The Kier molecular flexibility index (Phi) is 5.74. The highest BCUT2D eigenvalue weighted by Crippen LogP contribution is 2.50. The molecule has 5 nitrogen and oxygen atoms in total. The van der Waals surface area contributed by atoms with Crippen LogP contribution in [0.25, 0.3) is 0 Å². The van der Waals surface area contributed by atoms with Gasteiger partial charge in [0.25, 0.3) is 11.5 Å². The topological polar surface area (TPSA) is 53.9 Å². The number of thiophene rings is 1. The van der Waals surface area contributed by atoms with Crippen molar-refractivity contribution in [2.24, 2.45) is 5.16 Å². The molecular formula is C20H15Cl2F4N3O2S2. The summed E-state index contributed by atoms with van der Waals surface area (Å²) >= 11 is 14.6. The van der Waals surface area contributed by atoms with Crippen LogP contribution < -0.4 is 5.32 Å². The monoisotopic (exact) mass is 539 g/mol. The average Bonchev–Trinajstić information content (AvgIpc) is 3.40. The Bertz CT molecular complexity index is 1120. The molecule has 0 bridgehead atoms. The van der Waals surface area contributed by atoms with E-state index in [9.17, 15) is 22.4 Å². The fourth-order valence-electron chi connectivity index (χ4n) is 3.89. The molecule has 13 heteroatoms. The quantitative estimate of drug-likeness (QED) is 0.410. The number of hydrogen-bond donors (Lipinski definition) is 1. The molecule has 1 unspecified atom stereocenters. The zero-order valence-corrected chi connectivity index (χ0v) is 19.8. The molecule has 4 heterocycles. The summed E-state index contributed by atoms with van der Waals surface area (Å²) in [7, 11) is 0. The van der Waals surface area contributed by atoms with E-state index in [0.29, 0.717) is 18.0 Å². The van der Waals surface area contributed by atoms with Crippen molar-refractivity contribution < 1.29 is 27.2 Å². The third-order valence-electron chi connectivity index (χ3n) is 5.78. The molecule has 1 atom stereocenters. The van der Waals surface area contributed by atoms with Crippen molar-refractivity contribution in [3.63, 3.8) is 0 Å². The van der Waals surface area contributed by atoms with Crippen molar-refractivity contribution >= 4 is 58.0 Å². The number of amidine groups is 1. The standard InChI is InChI=1S/C20H15Cl2F4N3O2S2/c21-12-2-10(3-13(22)17(12)23)19(20(24,25)26)4-16(28-31-19)29-5-9-1-14(33-15(9)6-29)18(30)27-11-7-32-8-11/h1-3,11H,4-8H2,(H,27,30). The van der Waals surface area contributed by atoms with Gasteiger partial charge >= 0.3 is 6.18 Å². The predicted octanol–water partition coefficient (Wildman–Crippen LogP) is 5.55. The molecule has 0 aliphatic carbocycles. The molecule has 2 aromatic rings. The van der Waals surface area contributed by atoms with Crippen LogP contribution in [0.3, 0.4) is 0 Å². The van der Waals surface area contributed by atoms with Gasteiger partial charge in [-0.3, -0.25) is 4.79 Å². The molecule has 33 heavy (non-hydrogen) atoms. The van der Waals surface area contributed by atoms with E-state index in [1.54, 1.807) is 22.7 Å². The molecule has 3 aliphatic heterocycles. The summed E-state index contributed by atoms with van der Waals surface area (Å²) in [5.74, 6) is 0.767. The largest absolute Gasteiger partial charge is 0.435 e. The van der Waals surface area contributed by atoms with E-state index in [1.165, 1.54) is 11.3 Å². The minimum absolute atomic E-state index is 0.102. The number of benzene rings is 1. The summed E-state index contributed by atoms with van der Waals surface area (Å²) in [4.78, 5) is 20.5. The van der Waals surface area contributed by atoms with Gasteiger partial charge < -0.3 is 15.1 Å². The molecule has 1 aromatic heterocycles. The van der Waals surface area contributed by atoms with Crippen LogP contribution in [0.2, 0.25) is 10.0 Å². The van der Waals surface area contributed by atoms with Gasteiger partial charge in [-0.05, 0) is 23.8 Å². The van der Waals surface area contributed by atoms with Gasteiger partial charge in [-0.1, -0.05) is 28.4 Å². The maximum absolute atomic E-state index is 14.2. The van der Waals surface area contributed by atoms with Crippen LogP contribution in [0.4, 0.5) is 17.6 Å². The zero-order valence-electron chi connectivity index (χ0n) is 16.6. The van der Waals surface area contributed by atoms with Gasteiger partial charge in [0.2, 0.25) is 0 Å². The van der Waals surface area contributed by atoms with E-state index in [1.807, 2.05) is 0 Å². The number of amides is 1. The Morgan fingerprint density at radius 2 is 1.91 bits per heavy atom. The van der Waals surface area contributed by atoms with Crippen LogP contribution >= 0.6 is 46.3 Å². The molecule has 0 radical (unpaired) electrons. The lowest BCUT2D eigenvalue weighted by molar-refractivity contribution is -0.275. The van der Waals surface area contributed by atoms with Gasteiger partial charge in [0.1, 0.15) is 5.84 Å². The molecule has 0 saturated carbocycles. The van der Waals surface area contributed by atoms with Crippen LogP contribution in [0, 0.1) is 5.82 Å². The van der Waals surface area contributed by atoms with Crippen molar-refractivity contribution in [2.75, 3.05) is 11.5 Å². The number of nitrogens with zero attached hydrogens (tertiary/aromatic N) is 2. The van der Waals surface area contributed by atoms with Crippen molar-refractivity contribution in [3.8, 4) is 0 Å². The van der Waals surface area contributed by atoms with Crippen molar-refractivity contribution in [1.82, 2.24) is 10.2 Å². The normalized spacial score (nSPS) is 22.6. The summed E-state index contributed by atoms with van der Waals surface area (Å²) in [6.45, 7) is 0.618. The first kappa shape index (κ1) is 23.1. The zero-order chi connectivity index (χ0) is 23.5. The van der Waals surface area contributed by atoms with Gasteiger partial charge in [-0.25, -0.2) is 4.39 Å². The van der Waals surface area contributed by atoms with Gasteiger partial charge in [0.05, 0.1) is 27.9 Å². The number of oxime groups is 1. The second-order valence-corrected chi connectivity index (χ2v) is 11.0. The SMILES string of the molecule is O=C(NC1CSC1)c1cc2c(s1)CN(C1=NOC(c3cc(Cl)c(F)c(Cl)c3)(C(F)(F)F)C1)C2. The fraction of sp³-hybridized carbons (Fsp3) is 0.400. The molecule has 1 N–H and O–H groups in total. The number of nitrogens with one attached hydrogen (secondary N) is 1. The molecule has 1 aromatic carbocycles. The average molecular weight is 540 g/mol. The van der Waals surface area contributed by atoms with Crippen molar-refractivity contribution in [3.05, 3.63) is 54.9 Å². The number of carbonyl (C=O) groups is 1. The fourth-order valence-corrected chi connectivity index (χ4v) is 6.10. The highest BCUT2D eigenvalue weighted by atomic mass is 35.5. The maximum atomic E-state index is 14.2. The van der Waals surface area contributed by atoms with E-state index in [4.69, 9.17) is 28.0 Å². The second-order valence-electron chi connectivity index (χ2n) is 7.98. The van der Waals surface area contributed by atoms with Gasteiger partial charge in [-0.2, -0.15) is 24.9 Å². The Morgan fingerprint density at radius 1 is 1.21 bits per heavy atom. The summed E-state index contributed by atoms with van der Waals surface area (Å²) in [6, 6.07) is 3.68. The summed E-state index contributed by atoms with van der Waals surface area (Å²) in [6.07, 6.45) is -5.48. The molecule has 5 rings (SSSR count). The first-order valence-corrected chi connectivity index (χ1v) is 12.5. The number of fused-ring (bicyclic) bond motifs is 1. The van der Waals surface area contributed by atoms with Crippen LogP contribution in [0.5, 0.6) is 0 Å². The highest BCUT2D eigenvalue weighted by Gasteiger charge is 2.63. The number of thioether (sulfide) groups is 1. The third kappa shape index (κ3) is 3.96. The Hall–Kier alpha value is -1.69. The van der Waals surface area contributed by atoms with E-state index >= 15 is 0 Å². The lowest BCUT2D eigenvalue weighted by atomic mass is 9.89. The number of carbonyl (C=O) groups excluding carboxylic acids is 1. The molecule has 0 spiro atoms. The Labute approximate surface area is 204 Å². The van der Waals surface area contributed by atoms with Gasteiger partial charge in [0.15, 0.2) is 5.82 Å². The Balaban J connectivity index is 1.33. The van der Waals surface area contributed by atoms with Crippen LogP contribution in [0.15, 0.2) is 23.4 Å². The van der Waals surface area contributed by atoms with Gasteiger partial charge in [-0.15, -0.1) is 11.3 Å². The molecule has 3 aliphatic rings. The van der Waals surface area contributed by atoms with Crippen molar-refractivity contribution in [2.45, 2.75) is 37.3 Å². The second kappa shape index (κ2) is 8.21. The lowest BCUT2D eigenvalue weighted by Crippen LogP contribution is -2.44. The van der Waals surface area contributed by atoms with Crippen LogP contribution in [-0.4, -0.2) is 40.4 Å². The van der Waals surface area contributed by atoms with Crippen LogP contribution in [0.1, 0.15) is 32.1 Å². The van der Waals surface area contributed by atoms with Crippen LogP contribution in [-0.2, 0) is 23.5 Å². The predicted molar refractivity (Wildman–Crippen MR) is 119 cm³/mol. The number of halogens is 6. The molecule has 176 valence electrons. The van der Waals surface area contributed by atoms with E-state index in [0.717, 1.165) is 34.1 Å². The molecule has 1 saturated heterocycles. The minimum atomic E-state index is -4.86. The first-order valence-electron chi connectivity index (χ1n) is 9.79. The number of rotatable bonds is 3. The highest BCUT2D eigenvalue weighted by molar-refractivity contribution is 8.00. The molecular weight excluding hydrogens is 525 g/mol. The number of hydrogen-bond acceptors (Lipinski definition) is 6. The molecule has 1 fully saturated rings. The Morgan fingerprint density at radius 3 is 2.48 bits per heavy atom. The summed E-state index contributed by atoms with van der Waals surface area (Å²) in [5.41, 5.74) is -2.38. The maximum Gasteiger partial charge on any atom is 0.435 e. The number of alkyl halides is 3. The first-order chi connectivity index (χ1) is 15.6. The minimum Gasteiger partial charge on any atom is -0.372 e. The molecule has 1 amide bonds. The van der Waals surface area contributed by atoms with Gasteiger partial charge in [0, 0.05) is 34.5 Å². The van der Waals surface area contributed by atoms with E-state index < -0.39 is 39.6 Å². The van der Waals surface area contributed by atoms with Crippen molar-refractivity contribution in [1.29, 1.82) is 0 Å². The summed E-state index contributed by atoms with van der Waals surface area (Å²) < 4.78 is 56.3.